The minimum Gasteiger partial charge on any atom is -0.506 e. The number of carbonyl (C=O) groups excluding carboxylic acids is 2. The van der Waals surface area contributed by atoms with Crippen molar-refractivity contribution in [2.45, 2.75) is 23.6 Å². The number of aromatic nitrogens is 1. The molecule has 0 saturated heterocycles. The number of benzene rings is 1. The summed E-state index contributed by atoms with van der Waals surface area (Å²) in [6.45, 7) is 2.69. The van der Waals surface area contributed by atoms with Gasteiger partial charge in [-0.3, -0.25) is 14.2 Å². The van der Waals surface area contributed by atoms with Gasteiger partial charge < -0.3 is 9.84 Å². The molecule has 0 aliphatic carbocycles. The Bertz CT molecular complexity index is 1100. The molecule has 2 aromatic heterocycles. The molecular weight excluding hydrogens is 439 g/mol. The van der Waals surface area contributed by atoms with Crippen molar-refractivity contribution in [3.05, 3.63) is 39.9 Å². The van der Waals surface area contributed by atoms with E-state index in [1.54, 1.807) is 0 Å². The number of rotatable bonds is 3. The standard InChI is InChI=1S/C17H11ClF3NO4S2/c1-7-15(26-8(2)23)10-4-13(24)11(18)5-12(10)22(7)16(25)9-3-14(27-6-9)28-17(19,20)21/h3-6,24H,1-2H3. The molecule has 2 heterocycles. The van der Waals surface area contributed by atoms with Crippen molar-refractivity contribution in [1.29, 1.82) is 0 Å². The lowest BCUT2D eigenvalue weighted by Crippen LogP contribution is -2.13. The van der Waals surface area contributed by atoms with E-state index in [-0.39, 0.29) is 54.7 Å². The number of thiophene rings is 1. The second-order valence-corrected chi connectivity index (χ2v) is 8.36. The molecule has 11 heteroatoms. The van der Waals surface area contributed by atoms with Gasteiger partial charge in [0.05, 0.1) is 26.0 Å². The highest BCUT2D eigenvalue weighted by Crippen LogP contribution is 2.42. The van der Waals surface area contributed by atoms with Crippen LogP contribution in [0.2, 0.25) is 5.02 Å². The Morgan fingerprint density at radius 3 is 2.57 bits per heavy atom. The number of phenolic OH excluding ortho intramolecular Hbond substituents is 1. The van der Waals surface area contributed by atoms with E-state index in [2.05, 4.69) is 0 Å². The maximum atomic E-state index is 13.0. The van der Waals surface area contributed by atoms with Gasteiger partial charge in [-0.05, 0) is 36.9 Å². The Hall–Kier alpha value is -2.17. The van der Waals surface area contributed by atoms with E-state index in [1.807, 2.05) is 0 Å². The molecule has 3 aromatic rings. The summed E-state index contributed by atoms with van der Waals surface area (Å²) in [5, 5.41) is 11.4. The number of fused-ring (bicyclic) bond motifs is 1. The normalized spacial score (nSPS) is 11.8. The first-order chi connectivity index (χ1) is 13.0. The summed E-state index contributed by atoms with van der Waals surface area (Å²) in [5.74, 6) is -1.47. The molecule has 0 aliphatic rings. The molecule has 0 amide bonds. The van der Waals surface area contributed by atoms with Crippen molar-refractivity contribution < 1.29 is 32.6 Å². The largest absolute Gasteiger partial charge is 0.506 e. The van der Waals surface area contributed by atoms with E-state index >= 15 is 0 Å². The number of phenols is 1. The highest BCUT2D eigenvalue weighted by Gasteiger charge is 2.31. The van der Waals surface area contributed by atoms with Crippen LogP contribution in [0.5, 0.6) is 11.5 Å². The van der Waals surface area contributed by atoms with Crippen LogP contribution in [0, 0.1) is 6.92 Å². The van der Waals surface area contributed by atoms with Crippen LogP contribution >= 0.6 is 34.7 Å². The summed E-state index contributed by atoms with van der Waals surface area (Å²) in [4.78, 5) is 24.4. The first-order valence-electron chi connectivity index (χ1n) is 7.59. The highest BCUT2D eigenvalue weighted by molar-refractivity contribution is 8.01. The minimum atomic E-state index is -4.46. The molecule has 0 bridgehead atoms. The second kappa shape index (κ2) is 7.34. The highest BCUT2D eigenvalue weighted by atomic mass is 35.5. The van der Waals surface area contributed by atoms with Crippen molar-refractivity contribution in [2.75, 3.05) is 0 Å². The van der Waals surface area contributed by atoms with Crippen molar-refractivity contribution in [3.8, 4) is 11.5 Å². The Balaban J connectivity index is 2.14. The SMILES string of the molecule is CC(=O)Oc1c(C)n(C(=O)c2csc(SC(F)(F)F)c2)c2cc(Cl)c(O)cc12. The van der Waals surface area contributed by atoms with Gasteiger partial charge >= 0.3 is 11.5 Å². The maximum absolute atomic E-state index is 13.0. The van der Waals surface area contributed by atoms with Gasteiger partial charge in [0.15, 0.2) is 5.75 Å². The number of hydrogen-bond acceptors (Lipinski definition) is 6. The lowest BCUT2D eigenvalue weighted by atomic mass is 10.2. The predicted molar refractivity (Wildman–Crippen MR) is 101 cm³/mol. The number of hydrogen-bond donors (Lipinski definition) is 1. The lowest BCUT2D eigenvalue weighted by Gasteiger charge is -2.06. The summed E-state index contributed by atoms with van der Waals surface area (Å²) in [6, 6.07) is 3.72. The molecule has 1 N–H and O–H groups in total. The molecule has 148 valence electrons. The molecule has 1 aromatic carbocycles. The summed E-state index contributed by atoms with van der Waals surface area (Å²) in [5.41, 5.74) is -3.93. The van der Waals surface area contributed by atoms with Gasteiger partial charge in [0.2, 0.25) is 0 Å². The molecule has 28 heavy (non-hydrogen) atoms. The van der Waals surface area contributed by atoms with Crippen molar-refractivity contribution in [3.63, 3.8) is 0 Å². The number of thioether (sulfide) groups is 1. The topological polar surface area (TPSA) is 68.5 Å². The van der Waals surface area contributed by atoms with Gasteiger partial charge in [0.1, 0.15) is 5.75 Å². The van der Waals surface area contributed by atoms with Crippen LogP contribution in [0.3, 0.4) is 0 Å². The minimum absolute atomic E-state index is 0.0351. The molecule has 3 rings (SSSR count). The molecule has 0 spiro atoms. The van der Waals surface area contributed by atoms with Gasteiger partial charge in [-0.1, -0.05) is 11.6 Å². The Labute approximate surface area is 169 Å². The number of nitrogens with zero attached hydrogens (tertiary/aromatic N) is 1. The Morgan fingerprint density at radius 1 is 1.29 bits per heavy atom. The predicted octanol–water partition coefficient (Wildman–Crippen LogP) is 5.60. The molecular formula is C17H11ClF3NO4S2. The van der Waals surface area contributed by atoms with Gasteiger partial charge in [0.25, 0.3) is 5.91 Å². The van der Waals surface area contributed by atoms with Crippen molar-refractivity contribution in [2.24, 2.45) is 0 Å². The summed E-state index contributed by atoms with van der Waals surface area (Å²) < 4.78 is 43.9. The average Bonchev–Trinajstić information content (AvgIpc) is 3.10. The first kappa shape index (κ1) is 20.6. The fourth-order valence-corrected chi connectivity index (χ4v) is 4.45. The van der Waals surface area contributed by atoms with E-state index < -0.39 is 17.4 Å². The summed E-state index contributed by atoms with van der Waals surface area (Å²) >= 11 is 6.43. The van der Waals surface area contributed by atoms with Crippen LogP contribution < -0.4 is 4.74 Å². The molecule has 5 nitrogen and oxygen atoms in total. The quantitative estimate of drug-likeness (QED) is 0.416. The van der Waals surface area contributed by atoms with Crippen LogP contribution in [0.1, 0.15) is 23.0 Å². The summed E-state index contributed by atoms with van der Waals surface area (Å²) in [7, 11) is 0. The van der Waals surface area contributed by atoms with Gasteiger partial charge in [0, 0.05) is 17.7 Å². The monoisotopic (exact) mass is 449 g/mol. The van der Waals surface area contributed by atoms with E-state index in [0.29, 0.717) is 0 Å². The zero-order chi connectivity index (χ0) is 20.8. The molecule has 0 saturated carbocycles. The van der Waals surface area contributed by atoms with Crippen LogP contribution in [0.15, 0.2) is 27.8 Å². The number of esters is 1. The average molecular weight is 450 g/mol. The Morgan fingerprint density at radius 2 is 1.96 bits per heavy atom. The van der Waals surface area contributed by atoms with Crippen LogP contribution in [-0.2, 0) is 4.79 Å². The van der Waals surface area contributed by atoms with Gasteiger partial charge in [-0.25, -0.2) is 0 Å². The Kier molecular flexibility index (Phi) is 5.39. The first-order valence-corrected chi connectivity index (χ1v) is 9.66. The number of aromatic hydroxyl groups is 1. The fourth-order valence-electron chi connectivity index (χ4n) is 2.65. The van der Waals surface area contributed by atoms with Crippen molar-refractivity contribution >= 4 is 57.5 Å². The fraction of sp³-hybridized carbons (Fsp3) is 0.176. The van der Waals surface area contributed by atoms with E-state index in [9.17, 15) is 27.9 Å². The number of ether oxygens (including phenoxy) is 1. The van der Waals surface area contributed by atoms with Crippen LogP contribution in [-0.4, -0.2) is 27.1 Å². The zero-order valence-electron chi connectivity index (χ0n) is 14.3. The van der Waals surface area contributed by atoms with Gasteiger partial charge in [-0.15, -0.1) is 11.3 Å². The maximum Gasteiger partial charge on any atom is 0.447 e. The lowest BCUT2D eigenvalue weighted by molar-refractivity contribution is -0.131. The van der Waals surface area contributed by atoms with E-state index in [4.69, 9.17) is 16.3 Å². The number of carbonyl (C=O) groups is 2. The molecule has 0 fully saturated rings. The molecule has 0 aliphatic heterocycles. The van der Waals surface area contributed by atoms with E-state index in [0.717, 1.165) is 17.4 Å². The van der Waals surface area contributed by atoms with Crippen LogP contribution in [0.25, 0.3) is 10.9 Å². The van der Waals surface area contributed by atoms with E-state index in [1.165, 1.54) is 35.9 Å². The third kappa shape index (κ3) is 3.98. The number of alkyl halides is 3. The van der Waals surface area contributed by atoms with Crippen molar-refractivity contribution in [1.82, 2.24) is 4.57 Å². The molecule has 0 radical (unpaired) electrons. The smallest absolute Gasteiger partial charge is 0.447 e. The molecule has 0 unspecified atom stereocenters. The second-order valence-electron chi connectivity index (χ2n) is 5.67. The summed E-state index contributed by atoms with van der Waals surface area (Å²) in [6.07, 6.45) is 0. The molecule has 0 atom stereocenters. The van der Waals surface area contributed by atoms with Gasteiger partial charge in [-0.2, -0.15) is 13.2 Å². The third-order valence-electron chi connectivity index (χ3n) is 3.70. The zero-order valence-corrected chi connectivity index (χ0v) is 16.6. The number of halogens is 4. The third-order valence-corrected chi connectivity index (χ3v) is 5.82. The van der Waals surface area contributed by atoms with Crippen LogP contribution in [0.4, 0.5) is 13.2 Å².